The molecule has 1 aromatic rings. The summed E-state index contributed by atoms with van der Waals surface area (Å²) in [7, 11) is -3.51. The van der Waals surface area contributed by atoms with Gasteiger partial charge in [-0.2, -0.15) is 0 Å². The first-order valence-corrected chi connectivity index (χ1v) is 16.5. The molecular weight excluding hydrogens is 547 g/mol. The van der Waals surface area contributed by atoms with E-state index in [1.165, 1.54) is 0 Å². The van der Waals surface area contributed by atoms with E-state index in [2.05, 4.69) is 10.6 Å². The maximum absolute atomic E-state index is 13.5. The molecule has 41 heavy (non-hydrogen) atoms. The van der Waals surface area contributed by atoms with Crippen LogP contribution in [0.25, 0.3) is 0 Å². The van der Waals surface area contributed by atoms with Crippen molar-refractivity contribution in [3.63, 3.8) is 0 Å². The van der Waals surface area contributed by atoms with E-state index in [4.69, 9.17) is 9.47 Å². The maximum atomic E-state index is 13.5. The van der Waals surface area contributed by atoms with Crippen LogP contribution in [0.3, 0.4) is 0 Å². The van der Waals surface area contributed by atoms with Gasteiger partial charge in [0.25, 0.3) is 0 Å². The molecule has 0 radical (unpaired) electrons. The maximum Gasteiger partial charge on any atom is 0.407 e. The molecule has 5 aliphatic rings. The van der Waals surface area contributed by atoms with Crippen LogP contribution in [0.5, 0.6) is 5.75 Å². The zero-order chi connectivity index (χ0) is 29.5. The Morgan fingerprint density at radius 1 is 1.00 bits per heavy atom. The SMILES string of the molecule is CC(C)(C)OC(=O)NC/C(=C\F)COc1ccc(S(=O)(=O)CC23CCC(C4(NC(=O)C5CC5)CC4)(CC2)CC3)cc1. The number of alkyl carbamates (subject to hydrolysis) is 1. The van der Waals surface area contributed by atoms with Crippen LogP contribution in [0.2, 0.25) is 0 Å². The Labute approximate surface area is 242 Å². The zero-order valence-corrected chi connectivity index (χ0v) is 25.2. The van der Waals surface area contributed by atoms with Crippen LogP contribution in [-0.2, 0) is 19.4 Å². The zero-order valence-electron chi connectivity index (χ0n) is 24.4. The van der Waals surface area contributed by atoms with Gasteiger partial charge in [0.05, 0.1) is 17.0 Å². The fraction of sp³-hybridized carbons (Fsp3) is 0.677. The van der Waals surface area contributed by atoms with Gasteiger partial charge in [0.15, 0.2) is 9.84 Å². The average Bonchev–Trinajstić information content (AvgIpc) is 3.84. The predicted octanol–water partition coefficient (Wildman–Crippen LogP) is 5.62. The average molecular weight is 591 g/mol. The molecule has 10 heteroatoms. The number of ether oxygens (including phenoxy) is 2. The third-order valence-electron chi connectivity index (χ3n) is 9.59. The molecule has 2 bridgehead atoms. The van der Waals surface area contributed by atoms with Crippen LogP contribution in [0.4, 0.5) is 9.18 Å². The summed E-state index contributed by atoms with van der Waals surface area (Å²) in [6.45, 7) is 5.04. The number of amides is 2. The molecule has 1 aromatic carbocycles. The van der Waals surface area contributed by atoms with E-state index < -0.39 is 21.5 Å². The summed E-state index contributed by atoms with van der Waals surface area (Å²) in [6.07, 6.45) is 9.41. The molecule has 0 heterocycles. The highest BCUT2D eigenvalue weighted by Crippen LogP contribution is 2.67. The van der Waals surface area contributed by atoms with Gasteiger partial charge in [-0.15, -0.1) is 0 Å². The van der Waals surface area contributed by atoms with E-state index in [1.54, 1.807) is 45.0 Å². The molecule has 0 atom stereocenters. The number of carbonyl (C=O) groups is 2. The van der Waals surface area contributed by atoms with Gasteiger partial charge in [-0.3, -0.25) is 4.79 Å². The summed E-state index contributed by atoms with van der Waals surface area (Å²) >= 11 is 0. The summed E-state index contributed by atoms with van der Waals surface area (Å²) in [4.78, 5) is 24.6. The molecular formula is C31H43FN2O6S. The van der Waals surface area contributed by atoms with Crippen molar-refractivity contribution in [2.75, 3.05) is 18.9 Å². The number of nitrogens with one attached hydrogen (secondary N) is 2. The van der Waals surface area contributed by atoms with Crippen molar-refractivity contribution in [1.82, 2.24) is 10.6 Å². The lowest BCUT2D eigenvalue weighted by atomic mass is 9.51. The van der Waals surface area contributed by atoms with Gasteiger partial charge in [0.1, 0.15) is 18.0 Å². The summed E-state index contributed by atoms with van der Waals surface area (Å²) in [5, 5.41) is 5.92. The molecule has 5 saturated carbocycles. The van der Waals surface area contributed by atoms with E-state index in [0.717, 1.165) is 64.2 Å². The summed E-state index contributed by atoms with van der Waals surface area (Å²) < 4.78 is 51.0. The summed E-state index contributed by atoms with van der Waals surface area (Å²) in [6, 6.07) is 6.24. The Morgan fingerprint density at radius 2 is 1.61 bits per heavy atom. The highest BCUT2D eigenvalue weighted by Gasteiger charge is 2.64. The van der Waals surface area contributed by atoms with Gasteiger partial charge in [0, 0.05) is 23.6 Å². The lowest BCUT2D eigenvalue weighted by Gasteiger charge is -2.57. The second-order valence-electron chi connectivity index (χ2n) is 13.8. The number of carbonyl (C=O) groups excluding carboxylic acids is 2. The van der Waals surface area contributed by atoms with Crippen LogP contribution in [0.15, 0.2) is 41.1 Å². The molecule has 8 nitrogen and oxygen atoms in total. The lowest BCUT2D eigenvalue weighted by Crippen LogP contribution is -2.57. The molecule has 226 valence electrons. The highest BCUT2D eigenvalue weighted by molar-refractivity contribution is 7.91. The summed E-state index contributed by atoms with van der Waals surface area (Å²) in [5.74, 6) is 0.967. The number of halogens is 1. The monoisotopic (exact) mass is 590 g/mol. The van der Waals surface area contributed by atoms with Crippen LogP contribution < -0.4 is 15.4 Å². The first-order valence-electron chi connectivity index (χ1n) is 14.8. The van der Waals surface area contributed by atoms with Crippen molar-refractivity contribution in [3.8, 4) is 5.75 Å². The van der Waals surface area contributed by atoms with Gasteiger partial charge in [0.2, 0.25) is 5.91 Å². The van der Waals surface area contributed by atoms with Crippen LogP contribution in [-0.4, -0.2) is 50.5 Å². The Bertz CT molecular complexity index is 1270. The van der Waals surface area contributed by atoms with Gasteiger partial charge < -0.3 is 20.1 Å². The minimum Gasteiger partial charge on any atom is -0.489 e. The number of sulfone groups is 1. The van der Waals surface area contributed by atoms with Crippen molar-refractivity contribution in [1.29, 1.82) is 0 Å². The van der Waals surface area contributed by atoms with Gasteiger partial charge >= 0.3 is 6.09 Å². The molecule has 6 rings (SSSR count). The molecule has 5 aliphatic carbocycles. The van der Waals surface area contributed by atoms with Crippen molar-refractivity contribution >= 4 is 21.8 Å². The van der Waals surface area contributed by atoms with Gasteiger partial charge in [-0.1, -0.05) is 0 Å². The topological polar surface area (TPSA) is 111 Å². The van der Waals surface area contributed by atoms with Crippen LogP contribution in [0.1, 0.15) is 85.0 Å². The molecule has 2 N–H and O–H groups in total. The number of fused-ring (bicyclic) bond motifs is 3. The number of rotatable bonds is 11. The smallest absolute Gasteiger partial charge is 0.407 e. The van der Waals surface area contributed by atoms with Crippen LogP contribution in [0, 0.1) is 16.7 Å². The normalized spacial score (nSPS) is 27.2. The van der Waals surface area contributed by atoms with E-state index in [0.29, 0.717) is 12.1 Å². The third-order valence-corrected chi connectivity index (χ3v) is 11.6. The lowest BCUT2D eigenvalue weighted by molar-refractivity contribution is -0.126. The van der Waals surface area contributed by atoms with Crippen molar-refractivity contribution in [3.05, 3.63) is 36.2 Å². The third kappa shape index (κ3) is 6.73. The van der Waals surface area contributed by atoms with E-state index in [-0.39, 0.29) is 57.6 Å². The van der Waals surface area contributed by atoms with E-state index in [9.17, 15) is 22.4 Å². The molecule has 0 aliphatic heterocycles. The minimum atomic E-state index is -3.51. The number of hydrogen-bond acceptors (Lipinski definition) is 6. The molecule has 5 fully saturated rings. The standard InChI is InChI=1S/C31H43FN2O6S/c1-28(2,3)40-27(36)33-19-22(18-32)20-39-24-6-8-25(9-7-24)41(37,38)21-29-10-13-30(14-11-29,15-12-29)31(16-17-31)34-26(35)23-4-5-23/h6-9,18,23H,4-5,10-17,19-21H2,1-3H3,(H,33,36)(H,34,35)/b22-18+. The predicted molar refractivity (Wildman–Crippen MR) is 153 cm³/mol. The molecule has 2 amide bonds. The van der Waals surface area contributed by atoms with E-state index in [1.807, 2.05) is 0 Å². The largest absolute Gasteiger partial charge is 0.489 e. The Morgan fingerprint density at radius 3 is 2.12 bits per heavy atom. The first-order chi connectivity index (χ1) is 19.3. The Kier molecular flexibility index (Phi) is 7.94. The second-order valence-corrected chi connectivity index (χ2v) is 15.8. The number of hydrogen-bond donors (Lipinski definition) is 2. The molecule has 0 unspecified atom stereocenters. The number of benzene rings is 1. The van der Waals surface area contributed by atoms with Crippen molar-refractivity contribution in [2.24, 2.45) is 16.7 Å². The Balaban J connectivity index is 1.13. The quantitative estimate of drug-likeness (QED) is 0.346. The molecule has 0 aromatic heterocycles. The summed E-state index contributed by atoms with van der Waals surface area (Å²) in [5.41, 5.74) is -0.603. The van der Waals surface area contributed by atoms with Gasteiger partial charge in [-0.25, -0.2) is 17.6 Å². The first kappa shape index (κ1) is 29.9. The molecule has 0 saturated heterocycles. The van der Waals surface area contributed by atoms with Crippen molar-refractivity contribution in [2.45, 2.75) is 101 Å². The van der Waals surface area contributed by atoms with Gasteiger partial charge in [-0.05, 0) is 120 Å². The highest BCUT2D eigenvalue weighted by atomic mass is 32.2. The van der Waals surface area contributed by atoms with Crippen molar-refractivity contribution < 1.29 is 31.9 Å². The Hall–Kier alpha value is -2.62. The second kappa shape index (κ2) is 10.9. The molecule has 0 spiro atoms. The fourth-order valence-corrected chi connectivity index (χ4v) is 8.78. The fourth-order valence-electron chi connectivity index (χ4n) is 6.82. The van der Waals surface area contributed by atoms with E-state index >= 15 is 0 Å². The van der Waals surface area contributed by atoms with Crippen LogP contribution >= 0.6 is 0 Å². The minimum absolute atomic E-state index is 0.0586.